The first kappa shape index (κ1) is 35.0. The van der Waals surface area contributed by atoms with Gasteiger partial charge in [0.25, 0.3) is 0 Å². The third-order valence-electron chi connectivity index (χ3n) is 8.58. The Morgan fingerprint density at radius 3 is 1.53 bits per heavy atom. The zero-order valence-corrected chi connectivity index (χ0v) is 25.7. The van der Waals surface area contributed by atoms with Crippen molar-refractivity contribution in [3.05, 3.63) is 0 Å². The Bertz CT molecular complexity index is 573. The monoisotopic (exact) mass is 536 g/mol. The highest BCUT2D eigenvalue weighted by Gasteiger charge is 2.32. The second-order valence-corrected chi connectivity index (χ2v) is 12.7. The van der Waals surface area contributed by atoms with Crippen LogP contribution < -0.4 is 0 Å². The zero-order valence-electron chi connectivity index (χ0n) is 25.7. The number of esters is 1. The van der Waals surface area contributed by atoms with Crippen molar-refractivity contribution >= 4 is 11.9 Å². The highest BCUT2D eigenvalue weighted by Crippen LogP contribution is 2.31. The molecule has 0 heterocycles. The van der Waals surface area contributed by atoms with Gasteiger partial charge in [0.05, 0.1) is 11.8 Å². The Morgan fingerprint density at radius 1 is 0.658 bits per heavy atom. The summed E-state index contributed by atoms with van der Waals surface area (Å²) in [6.45, 7) is 6.88. The predicted octanol–water partition coefficient (Wildman–Crippen LogP) is 10.7. The van der Waals surface area contributed by atoms with Crippen LogP contribution in [0, 0.1) is 17.8 Å². The number of rotatable bonds is 25. The van der Waals surface area contributed by atoms with Crippen LogP contribution in [0.2, 0.25) is 0 Å². The zero-order chi connectivity index (χ0) is 27.8. The smallest absolute Gasteiger partial charge is 0.309 e. The van der Waals surface area contributed by atoms with Crippen LogP contribution in [0.25, 0.3) is 0 Å². The van der Waals surface area contributed by atoms with Crippen molar-refractivity contribution in [2.45, 2.75) is 187 Å². The molecule has 1 aliphatic rings. The van der Waals surface area contributed by atoms with Crippen molar-refractivity contribution in [1.82, 2.24) is 0 Å². The molecule has 38 heavy (non-hydrogen) atoms. The normalized spacial score (nSPS) is 18.5. The van der Waals surface area contributed by atoms with Crippen LogP contribution in [0.4, 0.5) is 0 Å². The molecule has 0 aromatic heterocycles. The average molecular weight is 537 g/mol. The summed E-state index contributed by atoms with van der Waals surface area (Å²) in [4.78, 5) is 24.4. The third-order valence-corrected chi connectivity index (χ3v) is 8.58. The fraction of sp³-hybridized carbons (Fsp3) is 0.941. The van der Waals surface area contributed by atoms with E-state index < -0.39 is 5.97 Å². The Balaban J connectivity index is 2.30. The van der Waals surface area contributed by atoms with E-state index in [-0.39, 0.29) is 23.9 Å². The van der Waals surface area contributed by atoms with Gasteiger partial charge in [0.2, 0.25) is 0 Å². The number of ether oxygens (including phenoxy) is 1. The van der Waals surface area contributed by atoms with Crippen LogP contribution in [0.5, 0.6) is 0 Å². The molecule has 0 aromatic rings. The van der Waals surface area contributed by atoms with Crippen molar-refractivity contribution in [2.24, 2.45) is 17.8 Å². The molecule has 0 aromatic carbocycles. The molecule has 1 N–H and O–H groups in total. The van der Waals surface area contributed by atoms with E-state index in [1.807, 2.05) is 0 Å². The molecule has 224 valence electrons. The average Bonchev–Trinajstić information content (AvgIpc) is 2.90. The van der Waals surface area contributed by atoms with Gasteiger partial charge in [-0.25, -0.2) is 0 Å². The molecule has 3 unspecified atom stereocenters. The van der Waals surface area contributed by atoms with Gasteiger partial charge in [-0.2, -0.15) is 0 Å². The van der Waals surface area contributed by atoms with E-state index in [9.17, 15) is 14.7 Å². The molecule has 0 radical (unpaired) electrons. The van der Waals surface area contributed by atoms with Gasteiger partial charge in [-0.05, 0) is 50.9 Å². The lowest BCUT2D eigenvalue weighted by Gasteiger charge is -2.27. The van der Waals surface area contributed by atoms with E-state index in [1.54, 1.807) is 0 Å². The Morgan fingerprint density at radius 2 is 1.08 bits per heavy atom. The molecular formula is C34H64O4. The molecule has 3 atom stereocenters. The van der Waals surface area contributed by atoms with E-state index >= 15 is 0 Å². The quantitative estimate of drug-likeness (QED) is 0.0930. The largest absolute Gasteiger partial charge is 0.481 e. The molecular weight excluding hydrogens is 472 g/mol. The van der Waals surface area contributed by atoms with Crippen LogP contribution in [0.3, 0.4) is 0 Å². The molecule has 1 fully saturated rings. The summed E-state index contributed by atoms with van der Waals surface area (Å²) in [5.74, 6) is -0.671. The van der Waals surface area contributed by atoms with Gasteiger partial charge in [-0.15, -0.1) is 0 Å². The Kier molecular flexibility index (Phi) is 21.9. The lowest BCUT2D eigenvalue weighted by atomic mass is 9.81. The van der Waals surface area contributed by atoms with Crippen molar-refractivity contribution in [3.63, 3.8) is 0 Å². The molecule has 0 amide bonds. The van der Waals surface area contributed by atoms with Gasteiger partial charge in [0.1, 0.15) is 6.10 Å². The highest BCUT2D eigenvalue weighted by molar-refractivity contribution is 5.75. The van der Waals surface area contributed by atoms with E-state index in [4.69, 9.17) is 4.74 Å². The maximum Gasteiger partial charge on any atom is 0.309 e. The second kappa shape index (κ2) is 23.8. The number of carboxylic acids is 1. The van der Waals surface area contributed by atoms with Crippen molar-refractivity contribution in [3.8, 4) is 0 Å². The molecule has 4 nitrogen and oxygen atoms in total. The summed E-state index contributed by atoms with van der Waals surface area (Å²) in [7, 11) is 0. The second-order valence-electron chi connectivity index (χ2n) is 12.7. The van der Waals surface area contributed by atoms with Crippen LogP contribution in [-0.2, 0) is 14.3 Å². The summed E-state index contributed by atoms with van der Waals surface area (Å²) >= 11 is 0. The van der Waals surface area contributed by atoms with Crippen LogP contribution in [0.1, 0.15) is 181 Å². The van der Waals surface area contributed by atoms with E-state index in [1.165, 1.54) is 109 Å². The minimum Gasteiger partial charge on any atom is -0.481 e. The SMILES string of the molecule is CCCCCCCCCCCCC(CCCCCCCCCCC(C)C)OC(=O)C1CCCC(C(=O)O)C1. The third kappa shape index (κ3) is 19.1. The number of hydrogen-bond donors (Lipinski definition) is 1. The summed E-state index contributed by atoms with van der Waals surface area (Å²) in [6.07, 6.45) is 29.6. The number of carbonyl (C=O) groups is 2. The molecule has 0 spiro atoms. The molecule has 4 heteroatoms. The molecule has 1 aliphatic carbocycles. The first-order valence-electron chi connectivity index (χ1n) is 16.9. The Labute approximate surface area is 236 Å². The fourth-order valence-electron chi connectivity index (χ4n) is 6.00. The maximum atomic E-state index is 12.9. The summed E-state index contributed by atoms with van der Waals surface area (Å²) in [6, 6.07) is 0. The maximum absolute atomic E-state index is 12.9. The summed E-state index contributed by atoms with van der Waals surface area (Å²) in [5, 5.41) is 9.40. The molecule has 0 bridgehead atoms. The molecule has 0 aliphatic heterocycles. The van der Waals surface area contributed by atoms with E-state index in [0.29, 0.717) is 12.8 Å². The van der Waals surface area contributed by atoms with Crippen LogP contribution >= 0.6 is 0 Å². The first-order chi connectivity index (χ1) is 18.4. The highest BCUT2D eigenvalue weighted by atomic mass is 16.5. The number of unbranched alkanes of at least 4 members (excludes halogenated alkanes) is 16. The summed E-state index contributed by atoms with van der Waals surface area (Å²) < 4.78 is 6.06. The van der Waals surface area contributed by atoms with Crippen molar-refractivity contribution in [1.29, 1.82) is 0 Å². The van der Waals surface area contributed by atoms with Gasteiger partial charge in [0, 0.05) is 0 Å². The minimum absolute atomic E-state index is 0.0118. The lowest BCUT2D eigenvalue weighted by Crippen LogP contribution is -2.31. The number of aliphatic carboxylic acids is 1. The molecule has 1 rings (SSSR count). The lowest BCUT2D eigenvalue weighted by molar-refractivity contribution is -0.158. The molecule has 0 saturated heterocycles. The minimum atomic E-state index is -0.760. The van der Waals surface area contributed by atoms with Gasteiger partial charge in [0.15, 0.2) is 0 Å². The first-order valence-corrected chi connectivity index (χ1v) is 16.9. The van der Waals surface area contributed by atoms with E-state index in [2.05, 4.69) is 20.8 Å². The number of carboxylic acid groups (broad SMARTS) is 1. The van der Waals surface area contributed by atoms with Crippen LogP contribution in [0.15, 0.2) is 0 Å². The van der Waals surface area contributed by atoms with Crippen molar-refractivity contribution in [2.75, 3.05) is 0 Å². The summed E-state index contributed by atoms with van der Waals surface area (Å²) in [5.41, 5.74) is 0. The Hall–Kier alpha value is -1.06. The van der Waals surface area contributed by atoms with E-state index in [0.717, 1.165) is 44.4 Å². The van der Waals surface area contributed by atoms with Gasteiger partial charge < -0.3 is 9.84 Å². The number of carbonyl (C=O) groups excluding carboxylic acids is 1. The van der Waals surface area contributed by atoms with Gasteiger partial charge >= 0.3 is 11.9 Å². The standard InChI is InChI=1S/C34H64O4/c1-4-5-6-7-8-9-10-14-17-20-26-32(27-21-18-15-12-11-13-16-19-23-29(2)3)38-34(37)31-25-22-24-30(28-31)33(35)36/h29-32H,4-28H2,1-3H3,(H,35,36). The topological polar surface area (TPSA) is 63.6 Å². The van der Waals surface area contributed by atoms with Crippen LogP contribution in [-0.4, -0.2) is 23.1 Å². The number of hydrogen-bond acceptors (Lipinski definition) is 3. The molecule has 1 saturated carbocycles. The predicted molar refractivity (Wildman–Crippen MR) is 160 cm³/mol. The fourth-order valence-corrected chi connectivity index (χ4v) is 6.00. The van der Waals surface area contributed by atoms with Crippen molar-refractivity contribution < 1.29 is 19.4 Å². The van der Waals surface area contributed by atoms with Gasteiger partial charge in [-0.1, -0.05) is 136 Å². The van der Waals surface area contributed by atoms with Gasteiger partial charge in [-0.3, -0.25) is 9.59 Å².